The number of fused-ring (bicyclic) bond motifs is 1. The molecule has 2 aliphatic heterocycles. The minimum absolute atomic E-state index is 0.0586. The van der Waals surface area contributed by atoms with Gasteiger partial charge in [-0.2, -0.15) is 0 Å². The van der Waals surface area contributed by atoms with Gasteiger partial charge in [-0.25, -0.2) is 19.4 Å². The fourth-order valence-corrected chi connectivity index (χ4v) is 4.18. The first-order valence-electron chi connectivity index (χ1n) is 11.8. The molecule has 0 radical (unpaired) electrons. The van der Waals surface area contributed by atoms with E-state index in [-0.39, 0.29) is 25.4 Å². The van der Waals surface area contributed by atoms with Crippen molar-refractivity contribution in [3.63, 3.8) is 0 Å². The number of rotatable bonds is 6. The van der Waals surface area contributed by atoms with Crippen LogP contribution in [0.3, 0.4) is 0 Å². The molecule has 2 aliphatic rings. The Kier molecular flexibility index (Phi) is 7.95. The van der Waals surface area contributed by atoms with Gasteiger partial charge in [-0.3, -0.25) is 9.69 Å². The quantitative estimate of drug-likeness (QED) is 0.592. The van der Waals surface area contributed by atoms with Gasteiger partial charge >= 0.3 is 18.2 Å². The molecule has 1 fully saturated rings. The minimum atomic E-state index is -1.22. The Bertz CT molecular complexity index is 1020. The van der Waals surface area contributed by atoms with Crippen molar-refractivity contribution in [2.45, 2.75) is 77.9 Å². The fourth-order valence-electron chi connectivity index (χ4n) is 4.18. The molecule has 3 amide bonds. The summed E-state index contributed by atoms with van der Waals surface area (Å²) in [6, 6.07) is 1.33. The van der Waals surface area contributed by atoms with Crippen molar-refractivity contribution in [3.8, 4) is 5.88 Å². The number of amides is 3. The van der Waals surface area contributed by atoms with Crippen LogP contribution >= 0.6 is 0 Å². The van der Waals surface area contributed by atoms with Crippen LogP contribution < -0.4 is 10.1 Å². The van der Waals surface area contributed by atoms with Gasteiger partial charge < -0.3 is 29.5 Å². The lowest BCUT2D eigenvalue weighted by Crippen LogP contribution is -2.54. The zero-order valence-corrected chi connectivity index (χ0v) is 21.4. The number of likely N-dealkylation sites (tertiary alicyclic amines) is 1. The number of nitrogens with zero attached hydrogens (tertiary/aromatic N) is 3. The number of aliphatic carboxylic acids is 1. The number of alkyl carbamates (subject to hydrolysis) is 1. The van der Waals surface area contributed by atoms with Crippen LogP contribution in [-0.4, -0.2) is 81.4 Å². The third-order valence-corrected chi connectivity index (χ3v) is 5.92. The number of ether oxygens (including phenoxy) is 3. The number of carboxylic acids is 1. The molecule has 3 rings (SSSR count). The van der Waals surface area contributed by atoms with Crippen molar-refractivity contribution < 1.29 is 38.5 Å². The number of aromatic nitrogens is 1. The normalized spacial score (nSPS) is 20.1. The van der Waals surface area contributed by atoms with E-state index in [1.807, 2.05) is 6.07 Å². The molecule has 3 atom stereocenters. The van der Waals surface area contributed by atoms with Gasteiger partial charge in [-0.05, 0) is 38.3 Å². The molecule has 12 nitrogen and oxygen atoms in total. The van der Waals surface area contributed by atoms with Crippen LogP contribution in [0.2, 0.25) is 0 Å². The zero-order chi connectivity index (χ0) is 26.8. The Morgan fingerprint density at radius 1 is 1.17 bits per heavy atom. The number of nitrogens with one attached hydrogen (secondary N) is 1. The summed E-state index contributed by atoms with van der Waals surface area (Å²) in [7, 11) is 1.51. The third-order valence-electron chi connectivity index (χ3n) is 5.92. The smallest absolute Gasteiger partial charge is 0.410 e. The van der Waals surface area contributed by atoms with Crippen LogP contribution in [0.5, 0.6) is 5.88 Å². The van der Waals surface area contributed by atoms with E-state index in [0.717, 1.165) is 10.5 Å². The van der Waals surface area contributed by atoms with Gasteiger partial charge in [-0.1, -0.05) is 13.8 Å². The summed E-state index contributed by atoms with van der Waals surface area (Å²) in [6.45, 7) is 9.00. The van der Waals surface area contributed by atoms with Gasteiger partial charge in [0.1, 0.15) is 23.8 Å². The fraction of sp³-hybridized carbons (Fsp3) is 0.625. The largest absolute Gasteiger partial charge is 0.481 e. The monoisotopic (exact) mass is 506 g/mol. The molecule has 0 aliphatic carbocycles. The average Bonchev–Trinajstić information content (AvgIpc) is 3.39. The maximum absolute atomic E-state index is 13.3. The molecule has 0 saturated carbocycles. The molecule has 12 heteroatoms. The first-order chi connectivity index (χ1) is 16.8. The molecule has 36 heavy (non-hydrogen) atoms. The first-order valence-corrected chi connectivity index (χ1v) is 11.8. The number of hydrogen-bond donors (Lipinski definition) is 2. The van der Waals surface area contributed by atoms with Gasteiger partial charge in [0.2, 0.25) is 11.8 Å². The van der Waals surface area contributed by atoms with Crippen molar-refractivity contribution in [1.29, 1.82) is 0 Å². The topological polar surface area (TPSA) is 148 Å². The lowest BCUT2D eigenvalue weighted by Gasteiger charge is -2.30. The van der Waals surface area contributed by atoms with Crippen LogP contribution in [0, 0.1) is 5.92 Å². The molecule has 198 valence electrons. The second-order valence-electron chi connectivity index (χ2n) is 10.3. The van der Waals surface area contributed by atoms with E-state index >= 15 is 0 Å². The molecule has 1 saturated heterocycles. The summed E-state index contributed by atoms with van der Waals surface area (Å²) in [6.07, 6.45) is -2.27. The van der Waals surface area contributed by atoms with Crippen LogP contribution in [0.15, 0.2) is 12.1 Å². The molecular formula is C24H34N4O8. The Morgan fingerprint density at radius 2 is 1.86 bits per heavy atom. The Morgan fingerprint density at radius 3 is 2.44 bits per heavy atom. The molecular weight excluding hydrogens is 472 g/mol. The Labute approximate surface area is 209 Å². The highest BCUT2D eigenvalue weighted by atomic mass is 16.6. The summed E-state index contributed by atoms with van der Waals surface area (Å²) in [5.41, 5.74) is 0.805. The summed E-state index contributed by atoms with van der Waals surface area (Å²) in [5.74, 6) is -1.69. The number of methoxy groups -OCH3 is 1. The number of hydrogen-bond acceptors (Lipinski definition) is 8. The van der Waals surface area contributed by atoms with E-state index in [1.54, 1.807) is 40.7 Å². The maximum atomic E-state index is 13.3. The van der Waals surface area contributed by atoms with Crippen molar-refractivity contribution in [2.75, 3.05) is 13.7 Å². The molecule has 3 heterocycles. The van der Waals surface area contributed by atoms with E-state index in [4.69, 9.17) is 14.2 Å². The van der Waals surface area contributed by atoms with Gasteiger partial charge in [0.25, 0.3) is 0 Å². The highest BCUT2D eigenvalue weighted by molar-refractivity contribution is 5.90. The van der Waals surface area contributed by atoms with E-state index in [1.165, 1.54) is 12.0 Å². The molecule has 0 aromatic carbocycles. The van der Waals surface area contributed by atoms with Crippen molar-refractivity contribution >= 4 is 24.1 Å². The number of carbonyl (C=O) groups is 4. The van der Waals surface area contributed by atoms with Crippen molar-refractivity contribution in [2.24, 2.45) is 5.92 Å². The zero-order valence-electron chi connectivity index (χ0n) is 21.4. The molecule has 0 bridgehead atoms. The van der Waals surface area contributed by atoms with Gasteiger partial charge in [0, 0.05) is 12.5 Å². The summed E-state index contributed by atoms with van der Waals surface area (Å²) >= 11 is 0. The van der Waals surface area contributed by atoms with E-state index in [2.05, 4.69) is 10.3 Å². The molecule has 2 N–H and O–H groups in total. The highest BCUT2D eigenvalue weighted by Crippen LogP contribution is 2.27. The predicted molar refractivity (Wildman–Crippen MR) is 126 cm³/mol. The van der Waals surface area contributed by atoms with Crippen LogP contribution in [0.1, 0.15) is 52.3 Å². The summed E-state index contributed by atoms with van der Waals surface area (Å²) in [4.78, 5) is 57.3. The number of pyridine rings is 1. The minimum Gasteiger partial charge on any atom is -0.481 e. The van der Waals surface area contributed by atoms with E-state index in [0.29, 0.717) is 18.1 Å². The SMILES string of the molecule is COc1ccc2c(n1)CN(C(=O)O[C@@H]1C[C@@H](C(=O)O)N(C(=O)[C@@H](NC(=O)OC(C)(C)C)C(C)C)C1)C2. The lowest BCUT2D eigenvalue weighted by molar-refractivity contribution is -0.149. The van der Waals surface area contributed by atoms with E-state index in [9.17, 15) is 24.3 Å². The van der Waals surface area contributed by atoms with Gasteiger partial charge in [-0.15, -0.1) is 0 Å². The van der Waals surface area contributed by atoms with Gasteiger partial charge in [0.15, 0.2) is 0 Å². The van der Waals surface area contributed by atoms with Crippen molar-refractivity contribution in [1.82, 2.24) is 20.1 Å². The summed E-state index contributed by atoms with van der Waals surface area (Å²) in [5, 5.41) is 12.3. The molecule has 1 aromatic rings. The lowest BCUT2D eigenvalue weighted by atomic mass is 10.0. The Hall–Kier alpha value is -3.57. The highest BCUT2D eigenvalue weighted by Gasteiger charge is 2.45. The third kappa shape index (κ3) is 6.35. The van der Waals surface area contributed by atoms with E-state index < -0.39 is 47.9 Å². The number of carbonyl (C=O) groups excluding carboxylic acids is 3. The predicted octanol–water partition coefficient (Wildman–Crippen LogP) is 2.15. The summed E-state index contributed by atoms with van der Waals surface area (Å²) < 4.78 is 16.0. The van der Waals surface area contributed by atoms with Crippen LogP contribution in [0.25, 0.3) is 0 Å². The molecule has 0 spiro atoms. The van der Waals surface area contributed by atoms with Crippen LogP contribution in [0.4, 0.5) is 9.59 Å². The van der Waals surface area contributed by atoms with Crippen molar-refractivity contribution in [3.05, 3.63) is 23.4 Å². The van der Waals surface area contributed by atoms with Gasteiger partial charge in [0.05, 0.1) is 32.4 Å². The number of carboxylic acid groups (broad SMARTS) is 1. The molecule has 0 unspecified atom stereocenters. The second-order valence-corrected chi connectivity index (χ2v) is 10.3. The maximum Gasteiger partial charge on any atom is 0.410 e. The standard InChI is InChI=1S/C24H34N4O8/c1-13(2)19(26-22(32)36-24(3,4)5)20(29)28-11-15(9-17(28)21(30)31)35-23(33)27-10-14-7-8-18(34-6)25-16(14)12-27/h7-8,13,15,17,19H,9-12H2,1-6H3,(H,26,32)(H,30,31)/t15-,17+,19+/m1/s1. The first kappa shape index (κ1) is 27.0. The Balaban J connectivity index is 1.66. The average molecular weight is 507 g/mol. The van der Waals surface area contributed by atoms with Crippen LogP contribution in [-0.2, 0) is 32.2 Å². The molecule has 1 aromatic heterocycles. The second kappa shape index (κ2) is 10.6.